The summed E-state index contributed by atoms with van der Waals surface area (Å²) in [7, 11) is 2.04. The maximum Gasteiger partial charge on any atom is 0.251 e. The lowest BCUT2D eigenvalue weighted by atomic mass is 10.0. The SMILES string of the molecule is Cc1ccc(SCC(=O)Nc2sc3c(c2C(N)=O)CCN(C)C3)cc1. The van der Waals surface area contributed by atoms with Gasteiger partial charge in [-0.1, -0.05) is 17.7 Å². The van der Waals surface area contributed by atoms with Crippen LogP contribution in [0.2, 0.25) is 0 Å². The van der Waals surface area contributed by atoms with E-state index in [9.17, 15) is 9.59 Å². The Balaban J connectivity index is 1.70. The van der Waals surface area contributed by atoms with Gasteiger partial charge in [-0.25, -0.2) is 0 Å². The van der Waals surface area contributed by atoms with E-state index >= 15 is 0 Å². The van der Waals surface area contributed by atoms with E-state index in [4.69, 9.17) is 5.73 Å². The summed E-state index contributed by atoms with van der Waals surface area (Å²) >= 11 is 2.94. The first kappa shape index (κ1) is 18.0. The third kappa shape index (κ3) is 4.23. The highest BCUT2D eigenvalue weighted by atomic mass is 32.2. The number of nitrogens with one attached hydrogen (secondary N) is 1. The van der Waals surface area contributed by atoms with Crippen molar-refractivity contribution in [3.05, 3.63) is 45.8 Å². The van der Waals surface area contributed by atoms with E-state index in [2.05, 4.69) is 10.2 Å². The normalized spacial score (nSPS) is 14.2. The van der Waals surface area contributed by atoms with Crippen LogP contribution in [0.3, 0.4) is 0 Å². The number of anilines is 1. The van der Waals surface area contributed by atoms with Gasteiger partial charge in [0.05, 0.1) is 11.3 Å². The van der Waals surface area contributed by atoms with Gasteiger partial charge in [0.15, 0.2) is 0 Å². The molecule has 0 unspecified atom stereocenters. The van der Waals surface area contributed by atoms with Crippen molar-refractivity contribution in [2.45, 2.75) is 24.8 Å². The van der Waals surface area contributed by atoms with Gasteiger partial charge in [0.2, 0.25) is 5.91 Å². The molecule has 0 bridgehead atoms. The van der Waals surface area contributed by atoms with E-state index in [1.165, 1.54) is 28.7 Å². The molecule has 1 aliphatic rings. The summed E-state index contributed by atoms with van der Waals surface area (Å²) in [6, 6.07) is 8.05. The van der Waals surface area contributed by atoms with Gasteiger partial charge in [0.25, 0.3) is 5.91 Å². The predicted molar refractivity (Wildman–Crippen MR) is 103 cm³/mol. The van der Waals surface area contributed by atoms with Gasteiger partial charge >= 0.3 is 0 Å². The zero-order valence-electron chi connectivity index (χ0n) is 14.3. The Bertz CT molecular complexity index is 799. The Morgan fingerprint density at radius 3 is 2.72 bits per heavy atom. The topological polar surface area (TPSA) is 75.4 Å². The van der Waals surface area contributed by atoms with Crippen molar-refractivity contribution in [1.29, 1.82) is 0 Å². The Morgan fingerprint density at radius 2 is 2.04 bits per heavy atom. The van der Waals surface area contributed by atoms with E-state index in [0.29, 0.717) is 16.3 Å². The zero-order chi connectivity index (χ0) is 18.0. The van der Waals surface area contributed by atoms with Crippen molar-refractivity contribution in [3.8, 4) is 0 Å². The van der Waals surface area contributed by atoms with Crippen LogP contribution >= 0.6 is 23.1 Å². The third-order valence-corrected chi connectivity index (χ3v) is 6.28. The molecule has 0 fully saturated rings. The van der Waals surface area contributed by atoms with Crippen LogP contribution in [0.1, 0.15) is 26.4 Å². The zero-order valence-corrected chi connectivity index (χ0v) is 15.9. The van der Waals surface area contributed by atoms with Crippen molar-refractivity contribution in [2.24, 2.45) is 5.73 Å². The number of fused-ring (bicyclic) bond motifs is 1. The molecule has 25 heavy (non-hydrogen) atoms. The van der Waals surface area contributed by atoms with Crippen LogP contribution in [0.4, 0.5) is 5.00 Å². The molecule has 3 N–H and O–H groups in total. The van der Waals surface area contributed by atoms with Crippen LogP contribution in [-0.4, -0.2) is 36.1 Å². The molecule has 0 radical (unpaired) electrons. The first-order chi connectivity index (χ1) is 11.9. The quantitative estimate of drug-likeness (QED) is 0.788. The average Bonchev–Trinajstić information content (AvgIpc) is 2.91. The summed E-state index contributed by atoms with van der Waals surface area (Å²) in [5.74, 6) is -0.299. The number of thioether (sulfide) groups is 1. The fourth-order valence-corrected chi connectivity index (χ4v) is 4.87. The smallest absolute Gasteiger partial charge is 0.251 e. The molecular formula is C18H21N3O2S2. The number of benzene rings is 1. The summed E-state index contributed by atoms with van der Waals surface area (Å²) in [6.07, 6.45) is 0.786. The first-order valence-corrected chi connectivity index (χ1v) is 9.86. The van der Waals surface area contributed by atoms with Crippen LogP contribution in [0.5, 0.6) is 0 Å². The molecule has 1 aromatic carbocycles. The number of carbonyl (C=O) groups is 2. The summed E-state index contributed by atoms with van der Waals surface area (Å²) in [6.45, 7) is 3.71. The largest absolute Gasteiger partial charge is 0.365 e. The highest BCUT2D eigenvalue weighted by Crippen LogP contribution is 2.36. The van der Waals surface area contributed by atoms with Crippen molar-refractivity contribution >= 4 is 39.9 Å². The van der Waals surface area contributed by atoms with Gasteiger partial charge in [-0.3, -0.25) is 9.59 Å². The number of primary amides is 1. The summed E-state index contributed by atoms with van der Waals surface area (Å²) in [4.78, 5) is 28.6. The second-order valence-corrected chi connectivity index (χ2v) is 8.36. The van der Waals surface area contributed by atoms with Crippen LogP contribution < -0.4 is 11.1 Å². The molecule has 5 nitrogen and oxygen atoms in total. The van der Waals surface area contributed by atoms with Crippen LogP contribution in [-0.2, 0) is 17.8 Å². The molecule has 1 aliphatic heterocycles. The molecule has 0 atom stereocenters. The van der Waals surface area contributed by atoms with Gasteiger partial charge in [-0.15, -0.1) is 23.1 Å². The number of hydrogen-bond acceptors (Lipinski definition) is 5. The molecule has 0 spiro atoms. The fourth-order valence-electron chi connectivity index (χ4n) is 2.83. The fraction of sp³-hybridized carbons (Fsp3) is 0.333. The van der Waals surface area contributed by atoms with Gasteiger partial charge in [-0.05, 0) is 38.1 Å². The Hall–Kier alpha value is -1.83. The molecule has 2 heterocycles. The highest BCUT2D eigenvalue weighted by Gasteiger charge is 2.26. The minimum Gasteiger partial charge on any atom is -0.365 e. The van der Waals surface area contributed by atoms with Crippen molar-refractivity contribution in [2.75, 3.05) is 24.7 Å². The molecule has 2 amide bonds. The molecule has 2 aromatic rings. The van der Waals surface area contributed by atoms with Gasteiger partial charge in [0, 0.05) is 22.9 Å². The number of carbonyl (C=O) groups excluding carboxylic acids is 2. The molecule has 3 rings (SSSR count). The second-order valence-electron chi connectivity index (χ2n) is 6.21. The van der Waals surface area contributed by atoms with Crippen molar-refractivity contribution in [3.63, 3.8) is 0 Å². The molecular weight excluding hydrogens is 354 g/mol. The maximum absolute atomic E-state index is 12.3. The van der Waals surface area contributed by atoms with Crippen molar-refractivity contribution in [1.82, 2.24) is 4.90 Å². The van der Waals surface area contributed by atoms with Gasteiger partial charge in [0.1, 0.15) is 5.00 Å². The number of rotatable bonds is 5. The third-order valence-electron chi connectivity index (χ3n) is 4.14. The van der Waals surface area contributed by atoms with E-state index < -0.39 is 5.91 Å². The number of likely N-dealkylation sites (N-methyl/N-ethyl adjacent to an activating group) is 1. The lowest BCUT2D eigenvalue weighted by molar-refractivity contribution is -0.113. The lowest BCUT2D eigenvalue weighted by Crippen LogP contribution is -2.27. The lowest BCUT2D eigenvalue weighted by Gasteiger charge is -2.22. The van der Waals surface area contributed by atoms with Crippen LogP contribution in [0, 0.1) is 6.92 Å². The molecule has 0 aliphatic carbocycles. The number of nitrogens with two attached hydrogens (primary N) is 1. The van der Waals surface area contributed by atoms with Crippen LogP contribution in [0.15, 0.2) is 29.2 Å². The molecule has 1 aromatic heterocycles. The maximum atomic E-state index is 12.3. The van der Waals surface area contributed by atoms with E-state index in [1.807, 2.05) is 38.2 Å². The second kappa shape index (κ2) is 7.59. The minimum absolute atomic E-state index is 0.125. The number of hydrogen-bond donors (Lipinski definition) is 2. The highest BCUT2D eigenvalue weighted by molar-refractivity contribution is 8.00. The van der Waals surface area contributed by atoms with E-state index in [0.717, 1.165) is 34.8 Å². The number of aryl methyl sites for hydroxylation is 1. The predicted octanol–water partition coefficient (Wildman–Crippen LogP) is 2.87. The number of nitrogens with zero attached hydrogens (tertiary/aromatic N) is 1. The van der Waals surface area contributed by atoms with Gasteiger partial charge < -0.3 is 16.0 Å². The number of amides is 2. The van der Waals surface area contributed by atoms with Crippen LogP contribution in [0.25, 0.3) is 0 Å². The molecule has 132 valence electrons. The molecule has 0 saturated carbocycles. The van der Waals surface area contributed by atoms with E-state index in [-0.39, 0.29) is 5.91 Å². The number of thiophene rings is 1. The summed E-state index contributed by atoms with van der Waals surface area (Å²) in [5, 5.41) is 3.47. The molecule has 0 saturated heterocycles. The van der Waals surface area contributed by atoms with Crippen molar-refractivity contribution < 1.29 is 9.59 Å². The average molecular weight is 376 g/mol. The minimum atomic E-state index is -0.469. The first-order valence-electron chi connectivity index (χ1n) is 8.06. The summed E-state index contributed by atoms with van der Waals surface area (Å²) < 4.78 is 0. The van der Waals surface area contributed by atoms with E-state index in [1.54, 1.807) is 0 Å². The Labute approximate surface area is 155 Å². The monoisotopic (exact) mass is 375 g/mol. The summed E-state index contributed by atoms with van der Waals surface area (Å²) in [5.41, 5.74) is 8.24. The molecule has 7 heteroatoms. The standard InChI is InChI=1S/C18H21N3O2S2/c1-11-3-5-12(6-4-11)24-10-15(22)20-18-16(17(19)23)13-7-8-21(2)9-14(13)25-18/h3-6H,7-10H2,1-2H3,(H2,19,23)(H,20,22). The Kier molecular flexibility index (Phi) is 5.46. The Morgan fingerprint density at radius 1 is 1.32 bits per heavy atom. The van der Waals surface area contributed by atoms with Gasteiger partial charge in [-0.2, -0.15) is 0 Å².